The lowest BCUT2D eigenvalue weighted by Gasteiger charge is -2.28. The Balaban J connectivity index is 1.20. The van der Waals surface area contributed by atoms with Crippen molar-refractivity contribution in [3.8, 4) is 5.69 Å². The molecule has 0 aliphatic carbocycles. The van der Waals surface area contributed by atoms with Gasteiger partial charge in [-0.1, -0.05) is 6.07 Å². The molecule has 10 heteroatoms. The summed E-state index contributed by atoms with van der Waals surface area (Å²) in [4.78, 5) is 23.2. The molecule has 1 aliphatic rings. The average molecular weight is 459 g/mol. The maximum absolute atomic E-state index is 14.2. The number of hydrogen-bond acceptors (Lipinski definition) is 8. The molecule has 0 radical (unpaired) electrons. The zero-order chi connectivity index (χ0) is 23.2. The van der Waals surface area contributed by atoms with Crippen molar-refractivity contribution >= 4 is 23.4 Å². The fraction of sp³-hybridized carbons (Fsp3) is 0.208. The molecule has 0 bridgehead atoms. The van der Waals surface area contributed by atoms with Gasteiger partial charge >= 0.3 is 0 Å². The normalized spacial score (nSPS) is 14.0. The predicted octanol–water partition coefficient (Wildman–Crippen LogP) is 3.40. The van der Waals surface area contributed by atoms with Crippen molar-refractivity contribution in [2.24, 2.45) is 4.99 Å². The topological polar surface area (TPSA) is 93.4 Å². The lowest BCUT2D eigenvalue weighted by molar-refractivity contribution is 0.122. The van der Waals surface area contributed by atoms with Crippen LogP contribution in [0.2, 0.25) is 0 Å². The van der Waals surface area contributed by atoms with Crippen LogP contribution in [0, 0.1) is 5.82 Å². The molecule has 1 saturated heterocycles. The minimum atomic E-state index is -0.435. The van der Waals surface area contributed by atoms with E-state index in [1.807, 2.05) is 52.1 Å². The van der Waals surface area contributed by atoms with Crippen LogP contribution in [0.1, 0.15) is 11.5 Å². The summed E-state index contributed by atoms with van der Waals surface area (Å²) in [5, 5.41) is 3.35. The quantitative estimate of drug-likeness (QED) is 0.424. The average Bonchev–Trinajstić information content (AvgIpc) is 3.42. The molecule has 0 unspecified atom stereocenters. The van der Waals surface area contributed by atoms with Crippen LogP contribution in [0.5, 0.6) is 0 Å². The van der Waals surface area contributed by atoms with Gasteiger partial charge in [0.2, 0.25) is 0 Å². The minimum Gasteiger partial charge on any atom is -0.378 e. The van der Waals surface area contributed by atoms with E-state index in [1.165, 1.54) is 6.20 Å². The van der Waals surface area contributed by atoms with Gasteiger partial charge in [-0.25, -0.2) is 19.3 Å². The van der Waals surface area contributed by atoms with Crippen LogP contribution in [0.25, 0.3) is 5.69 Å². The fourth-order valence-electron chi connectivity index (χ4n) is 3.57. The van der Waals surface area contributed by atoms with E-state index in [2.05, 4.69) is 30.2 Å². The number of aliphatic imine (C=N–C) groups is 1. The number of nitrogens with zero attached hydrogens (tertiary/aromatic N) is 7. The molecular formula is C24H23FN8O. The smallest absolute Gasteiger partial charge is 0.183 e. The van der Waals surface area contributed by atoms with Crippen LogP contribution < -0.4 is 10.2 Å². The Bertz CT molecular complexity index is 1250. The molecule has 9 nitrogen and oxygen atoms in total. The van der Waals surface area contributed by atoms with Gasteiger partial charge in [-0.2, -0.15) is 0 Å². The van der Waals surface area contributed by atoms with E-state index in [1.54, 1.807) is 24.9 Å². The number of hydrogen-bond donors (Lipinski definition) is 1. The first kappa shape index (κ1) is 21.7. The molecule has 3 aromatic heterocycles. The summed E-state index contributed by atoms with van der Waals surface area (Å²) in [6.45, 7) is 2.57. The molecule has 172 valence electrons. The molecule has 1 fully saturated rings. The molecule has 4 aromatic rings. The van der Waals surface area contributed by atoms with Gasteiger partial charge in [-0.15, -0.1) is 0 Å². The van der Waals surface area contributed by atoms with Gasteiger partial charge in [-0.05, 0) is 30.3 Å². The van der Waals surface area contributed by atoms with Gasteiger partial charge in [0.05, 0.1) is 49.9 Å². The number of benzene rings is 1. The Hall–Kier alpha value is -4.18. The Morgan fingerprint density at radius 3 is 2.79 bits per heavy atom. The minimum absolute atomic E-state index is 0.236. The lowest BCUT2D eigenvalue weighted by Crippen LogP contribution is -2.37. The molecule has 34 heavy (non-hydrogen) atoms. The number of ether oxygens (including phenoxy) is 1. The van der Waals surface area contributed by atoms with E-state index >= 15 is 0 Å². The van der Waals surface area contributed by atoms with Crippen molar-refractivity contribution in [3.05, 3.63) is 84.8 Å². The Kier molecular flexibility index (Phi) is 6.48. The number of imidazole rings is 1. The van der Waals surface area contributed by atoms with Crippen LogP contribution in [-0.2, 0) is 11.3 Å². The summed E-state index contributed by atoms with van der Waals surface area (Å²) < 4.78 is 21.4. The summed E-state index contributed by atoms with van der Waals surface area (Å²) >= 11 is 0. The number of pyridine rings is 1. The fourth-order valence-corrected chi connectivity index (χ4v) is 3.57. The van der Waals surface area contributed by atoms with Crippen molar-refractivity contribution in [1.29, 1.82) is 0 Å². The molecular weight excluding hydrogens is 435 g/mol. The van der Waals surface area contributed by atoms with Crippen LogP contribution in [0.3, 0.4) is 0 Å². The number of anilines is 3. The third-order valence-corrected chi connectivity index (χ3v) is 5.27. The Labute approximate surface area is 196 Å². The molecule has 0 amide bonds. The van der Waals surface area contributed by atoms with Gasteiger partial charge in [0.15, 0.2) is 17.5 Å². The van der Waals surface area contributed by atoms with Crippen molar-refractivity contribution < 1.29 is 9.13 Å². The highest BCUT2D eigenvalue weighted by Gasteiger charge is 2.17. The number of rotatable bonds is 7. The van der Waals surface area contributed by atoms with E-state index < -0.39 is 5.82 Å². The van der Waals surface area contributed by atoms with E-state index in [-0.39, 0.29) is 6.54 Å². The van der Waals surface area contributed by atoms with Gasteiger partial charge in [0.1, 0.15) is 0 Å². The Morgan fingerprint density at radius 1 is 1.09 bits per heavy atom. The van der Waals surface area contributed by atoms with Crippen molar-refractivity contribution in [2.45, 2.75) is 6.54 Å². The van der Waals surface area contributed by atoms with E-state index in [4.69, 9.17) is 4.74 Å². The van der Waals surface area contributed by atoms with Crippen LogP contribution >= 0.6 is 0 Å². The third-order valence-electron chi connectivity index (χ3n) is 5.27. The summed E-state index contributed by atoms with van der Waals surface area (Å²) in [6.07, 6.45) is 10.0. The number of aromatic nitrogens is 5. The molecule has 1 aliphatic heterocycles. The van der Waals surface area contributed by atoms with Gasteiger partial charge in [0.25, 0.3) is 0 Å². The molecule has 4 heterocycles. The standard InChI is InChI=1S/C24H23FN8O/c25-22-15-29-23(31-24(22)32-8-10-34-11-9-32)16-27-13-19-4-5-20(14-28-19)30-18-2-1-3-21(12-18)33-7-6-26-17-33/h1-7,12-15,17,30H,8-11,16H2. The van der Waals surface area contributed by atoms with Crippen molar-refractivity contribution in [3.63, 3.8) is 0 Å². The first-order valence-corrected chi connectivity index (χ1v) is 10.9. The maximum atomic E-state index is 14.2. The van der Waals surface area contributed by atoms with Crippen molar-refractivity contribution in [1.82, 2.24) is 24.5 Å². The monoisotopic (exact) mass is 458 g/mol. The highest BCUT2D eigenvalue weighted by atomic mass is 19.1. The van der Waals surface area contributed by atoms with E-state index in [9.17, 15) is 4.39 Å². The first-order valence-electron chi connectivity index (χ1n) is 10.9. The number of morpholine rings is 1. The zero-order valence-corrected chi connectivity index (χ0v) is 18.4. The highest BCUT2D eigenvalue weighted by Crippen LogP contribution is 2.20. The van der Waals surface area contributed by atoms with E-state index in [0.29, 0.717) is 43.6 Å². The van der Waals surface area contributed by atoms with Crippen molar-refractivity contribution in [2.75, 3.05) is 36.5 Å². The largest absolute Gasteiger partial charge is 0.378 e. The second-order valence-electron chi connectivity index (χ2n) is 7.64. The molecule has 1 aromatic carbocycles. The van der Waals surface area contributed by atoms with Gasteiger partial charge in [0, 0.05) is 43.1 Å². The zero-order valence-electron chi connectivity index (χ0n) is 18.4. The first-order chi connectivity index (χ1) is 16.7. The Morgan fingerprint density at radius 2 is 2.00 bits per heavy atom. The molecule has 1 N–H and O–H groups in total. The number of nitrogens with one attached hydrogen (secondary N) is 1. The summed E-state index contributed by atoms with van der Waals surface area (Å²) in [6, 6.07) is 11.8. The van der Waals surface area contributed by atoms with Crippen LogP contribution in [-0.4, -0.2) is 57.0 Å². The van der Waals surface area contributed by atoms with Gasteiger partial charge in [-0.3, -0.25) is 9.98 Å². The van der Waals surface area contributed by atoms with Gasteiger partial charge < -0.3 is 19.5 Å². The second-order valence-corrected chi connectivity index (χ2v) is 7.64. The van der Waals surface area contributed by atoms with E-state index in [0.717, 1.165) is 17.1 Å². The molecule has 0 spiro atoms. The predicted molar refractivity (Wildman–Crippen MR) is 127 cm³/mol. The van der Waals surface area contributed by atoms with Crippen LogP contribution in [0.4, 0.5) is 21.6 Å². The SMILES string of the molecule is Fc1cnc(CN=Cc2ccc(Nc3cccc(-n4ccnc4)c3)cn2)nc1N1CCOCC1. The summed E-state index contributed by atoms with van der Waals surface area (Å²) in [5.74, 6) is 0.319. The molecule has 0 saturated carbocycles. The summed E-state index contributed by atoms with van der Waals surface area (Å²) in [5.41, 5.74) is 3.52. The lowest BCUT2D eigenvalue weighted by atomic mass is 10.2. The molecule has 0 atom stereocenters. The summed E-state index contributed by atoms with van der Waals surface area (Å²) in [7, 11) is 0. The number of halogens is 1. The maximum Gasteiger partial charge on any atom is 0.183 e. The second kappa shape index (κ2) is 10.2. The molecule has 5 rings (SSSR count). The highest BCUT2D eigenvalue weighted by molar-refractivity contribution is 5.77. The van der Waals surface area contributed by atoms with Crippen LogP contribution in [0.15, 0.2) is 72.5 Å². The third kappa shape index (κ3) is 5.24.